The number of hydrogen-bond donors (Lipinski definition) is 0. The van der Waals surface area contributed by atoms with Gasteiger partial charge in [0.2, 0.25) is 0 Å². The summed E-state index contributed by atoms with van der Waals surface area (Å²) in [5, 5.41) is 0. The molecule has 0 radical (unpaired) electrons. The molecule has 1 fully saturated rings. The molecule has 0 aromatic carbocycles. The Hall–Kier alpha value is -0.570. The van der Waals surface area contributed by atoms with Crippen molar-refractivity contribution in [1.29, 1.82) is 0 Å². The number of halogens is 1. The predicted octanol–water partition coefficient (Wildman–Crippen LogP) is 8.42. The van der Waals surface area contributed by atoms with Crippen molar-refractivity contribution >= 4 is 11.6 Å². The highest BCUT2D eigenvalue weighted by Gasteiger charge is 2.58. The summed E-state index contributed by atoms with van der Waals surface area (Å²) in [4.78, 5) is 0. The van der Waals surface area contributed by atoms with E-state index in [9.17, 15) is 0 Å². The maximum absolute atomic E-state index is 6.46. The van der Waals surface area contributed by atoms with Crippen molar-refractivity contribution in [3.8, 4) is 0 Å². The first-order valence-electron chi connectivity index (χ1n) is 13.1. The van der Waals surface area contributed by atoms with Gasteiger partial charge >= 0.3 is 0 Å². The lowest BCUT2D eigenvalue weighted by atomic mass is 9.46. The van der Waals surface area contributed by atoms with E-state index in [0.717, 1.165) is 6.42 Å². The van der Waals surface area contributed by atoms with Crippen LogP contribution in [0.4, 0.5) is 0 Å². The molecule has 4 rings (SSSR count). The monoisotopic (exact) mass is 460 g/mol. The minimum atomic E-state index is -0.119. The maximum atomic E-state index is 6.46. The molecular weight excluding hydrogens is 416 g/mol. The molecule has 32 heavy (non-hydrogen) atoms. The molecule has 1 unspecified atom stereocenters. The number of rotatable bonds is 6. The van der Waals surface area contributed by atoms with E-state index in [4.69, 9.17) is 21.1 Å². The van der Waals surface area contributed by atoms with Gasteiger partial charge in [-0.2, -0.15) is 0 Å². The number of hydrogen-bond acceptors (Lipinski definition) is 2. The first-order chi connectivity index (χ1) is 15.1. The van der Waals surface area contributed by atoms with Crippen LogP contribution >= 0.6 is 11.6 Å². The Balaban J connectivity index is 1.62. The Morgan fingerprint density at radius 2 is 1.84 bits per heavy atom. The van der Waals surface area contributed by atoms with Crippen molar-refractivity contribution in [2.75, 3.05) is 6.61 Å². The minimum Gasteiger partial charge on any atom is -0.353 e. The summed E-state index contributed by atoms with van der Waals surface area (Å²) in [6.07, 6.45) is 13.6. The summed E-state index contributed by atoms with van der Waals surface area (Å²) >= 11 is 5.96. The highest BCUT2D eigenvalue weighted by atomic mass is 35.5. The van der Waals surface area contributed by atoms with Crippen LogP contribution in [0.1, 0.15) is 93.4 Å². The first kappa shape index (κ1) is 24.6. The third kappa shape index (κ3) is 3.77. The molecule has 180 valence electrons. The lowest BCUT2D eigenvalue weighted by Crippen LogP contribution is -2.54. The standard InChI is InChI=1S/C29H45ClO2/c1-8-31-20(3)32-26-14-17-29(7)24-13-16-28(6)22(19(2)15-18-30)10-11-23(28)21(24)9-12-25(29)27(26,4)5/h11,15,18-20,22,25-26H,8-10,12-14,16-17H2,1-7H3/b18-15+/t19-,20?,22-,25+,26+,28-,29-/m1/s1. The molecule has 0 spiro atoms. The number of fused-ring (bicyclic) bond motifs is 4. The molecule has 1 saturated carbocycles. The van der Waals surface area contributed by atoms with Crippen LogP contribution in [0.3, 0.4) is 0 Å². The van der Waals surface area contributed by atoms with Gasteiger partial charge in [0, 0.05) is 12.1 Å². The van der Waals surface area contributed by atoms with Gasteiger partial charge in [-0.15, -0.1) is 0 Å². The van der Waals surface area contributed by atoms with Gasteiger partial charge < -0.3 is 9.47 Å². The summed E-state index contributed by atoms with van der Waals surface area (Å²) in [6, 6.07) is 0. The average Bonchev–Trinajstić information content (AvgIpc) is 3.08. The minimum absolute atomic E-state index is 0.119. The van der Waals surface area contributed by atoms with Gasteiger partial charge in [0.25, 0.3) is 0 Å². The second kappa shape index (κ2) is 8.90. The summed E-state index contributed by atoms with van der Waals surface area (Å²) in [6.45, 7) is 17.2. The molecule has 0 saturated heterocycles. The van der Waals surface area contributed by atoms with E-state index in [0.29, 0.717) is 35.2 Å². The van der Waals surface area contributed by atoms with Crippen molar-refractivity contribution in [1.82, 2.24) is 0 Å². The first-order valence-corrected chi connectivity index (χ1v) is 13.5. The Morgan fingerprint density at radius 1 is 1.09 bits per heavy atom. The van der Waals surface area contributed by atoms with Crippen molar-refractivity contribution < 1.29 is 9.47 Å². The van der Waals surface area contributed by atoms with Crippen molar-refractivity contribution in [2.45, 2.75) is 106 Å². The van der Waals surface area contributed by atoms with E-state index < -0.39 is 0 Å². The fraction of sp³-hybridized carbons (Fsp3) is 0.793. The van der Waals surface area contributed by atoms with E-state index in [1.54, 1.807) is 22.3 Å². The number of ether oxygens (including phenoxy) is 2. The Labute approximate surface area is 201 Å². The average molecular weight is 461 g/mol. The molecule has 0 aromatic rings. The molecule has 0 heterocycles. The molecule has 0 amide bonds. The lowest BCUT2D eigenvalue weighted by Gasteiger charge is -2.60. The van der Waals surface area contributed by atoms with E-state index in [1.807, 2.05) is 6.92 Å². The smallest absolute Gasteiger partial charge is 0.155 e. The molecule has 0 N–H and O–H groups in total. The highest BCUT2D eigenvalue weighted by Crippen LogP contribution is 2.66. The van der Waals surface area contributed by atoms with Crippen LogP contribution < -0.4 is 0 Å². The number of allylic oxidation sites excluding steroid dienone is 5. The van der Waals surface area contributed by atoms with Crippen LogP contribution in [0.2, 0.25) is 0 Å². The lowest BCUT2D eigenvalue weighted by molar-refractivity contribution is -0.214. The van der Waals surface area contributed by atoms with E-state index in [1.165, 1.54) is 38.5 Å². The molecule has 0 aromatic heterocycles. The summed E-state index contributed by atoms with van der Waals surface area (Å²) < 4.78 is 12.2. The molecule has 0 bridgehead atoms. The fourth-order valence-corrected chi connectivity index (χ4v) is 8.72. The third-order valence-corrected chi connectivity index (χ3v) is 10.3. The second-order valence-electron chi connectivity index (χ2n) is 12.0. The van der Waals surface area contributed by atoms with Crippen molar-refractivity contribution in [3.05, 3.63) is 34.4 Å². The zero-order valence-electron chi connectivity index (χ0n) is 21.5. The highest BCUT2D eigenvalue weighted by molar-refractivity contribution is 6.25. The third-order valence-electron chi connectivity index (χ3n) is 10.2. The van der Waals surface area contributed by atoms with Crippen LogP contribution in [0.5, 0.6) is 0 Å². The van der Waals surface area contributed by atoms with Crippen LogP contribution in [0.25, 0.3) is 0 Å². The molecule has 4 aliphatic carbocycles. The van der Waals surface area contributed by atoms with Crippen LogP contribution in [-0.2, 0) is 9.47 Å². The Kier molecular flexibility index (Phi) is 6.83. The van der Waals surface area contributed by atoms with Crippen LogP contribution in [-0.4, -0.2) is 19.0 Å². The Morgan fingerprint density at radius 3 is 2.53 bits per heavy atom. The van der Waals surface area contributed by atoms with Gasteiger partial charge in [-0.05, 0) is 104 Å². The summed E-state index contributed by atoms with van der Waals surface area (Å²) in [5.74, 6) is 1.87. The normalized spacial score (nSPS) is 40.5. The van der Waals surface area contributed by atoms with Gasteiger partial charge in [-0.3, -0.25) is 0 Å². The van der Waals surface area contributed by atoms with Crippen molar-refractivity contribution in [3.63, 3.8) is 0 Å². The van der Waals surface area contributed by atoms with Crippen LogP contribution in [0, 0.1) is 34.0 Å². The topological polar surface area (TPSA) is 18.5 Å². The van der Waals surface area contributed by atoms with Gasteiger partial charge in [0.15, 0.2) is 6.29 Å². The fourth-order valence-electron chi connectivity index (χ4n) is 8.50. The van der Waals surface area contributed by atoms with Gasteiger partial charge in [0.1, 0.15) is 0 Å². The van der Waals surface area contributed by atoms with E-state index >= 15 is 0 Å². The molecule has 2 nitrogen and oxygen atoms in total. The molecule has 4 aliphatic rings. The molecule has 0 aliphatic heterocycles. The van der Waals surface area contributed by atoms with Crippen LogP contribution in [0.15, 0.2) is 34.4 Å². The molecule has 3 heteroatoms. The second-order valence-corrected chi connectivity index (χ2v) is 12.3. The zero-order valence-corrected chi connectivity index (χ0v) is 22.2. The SMILES string of the molecule is CCOC(C)O[C@H]1CC[C@]2(C)C3=C(CC[C@H]2C1(C)C)C1=CC[C@H]([C@H](C)/C=C/Cl)[C@@]1(C)CC3. The Bertz CT molecular complexity index is 808. The van der Waals surface area contributed by atoms with E-state index in [-0.39, 0.29) is 17.8 Å². The summed E-state index contributed by atoms with van der Waals surface area (Å²) in [7, 11) is 0. The van der Waals surface area contributed by atoms with Crippen molar-refractivity contribution in [2.24, 2.45) is 34.0 Å². The summed E-state index contributed by atoms with van der Waals surface area (Å²) in [5.41, 5.74) is 7.71. The largest absolute Gasteiger partial charge is 0.353 e. The quantitative estimate of drug-likeness (QED) is 0.370. The predicted molar refractivity (Wildman–Crippen MR) is 135 cm³/mol. The van der Waals surface area contributed by atoms with Gasteiger partial charge in [-0.25, -0.2) is 0 Å². The molecule has 7 atom stereocenters. The van der Waals surface area contributed by atoms with E-state index in [2.05, 4.69) is 53.7 Å². The zero-order chi connectivity index (χ0) is 23.3. The maximum Gasteiger partial charge on any atom is 0.155 e. The molecular formula is C29H45ClO2. The van der Waals surface area contributed by atoms with Gasteiger partial charge in [-0.1, -0.05) is 63.9 Å². The van der Waals surface area contributed by atoms with Gasteiger partial charge in [0.05, 0.1) is 6.10 Å².